The molecule has 0 spiro atoms. The molecule has 0 heterocycles. The molecule has 0 atom stereocenters. The fraction of sp³-hybridized carbons (Fsp3) is 0.588. The van der Waals surface area contributed by atoms with Crippen LogP contribution in [0.4, 0.5) is 0 Å². The number of ether oxygens (including phenoxy) is 3. The molecule has 0 saturated heterocycles. The Kier molecular flexibility index (Phi) is 4.55. The maximum atomic E-state index is 9.57. The Morgan fingerprint density at radius 2 is 1.71 bits per heavy atom. The van der Waals surface area contributed by atoms with Crippen molar-refractivity contribution in [2.75, 3.05) is 20.8 Å². The van der Waals surface area contributed by atoms with Crippen molar-refractivity contribution in [2.24, 2.45) is 5.92 Å². The number of rotatable bonds is 6. The maximum Gasteiger partial charge on any atom is 0.171 e. The van der Waals surface area contributed by atoms with Crippen LogP contribution in [-0.2, 0) is 14.9 Å². The minimum atomic E-state index is -0.622. The number of hydrogen-bond donors (Lipinski definition) is 0. The third kappa shape index (κ3) is 3.04. The summed E-state index contributed by atoms with van der Waals surface area (Å²) >= 11 is 0. The van der Waals surface area contributed by atoms with Crippen LogP contribution in [0.5, 0.6) is 5.75 Å². The zero-order chi connectivity index (χ0) is 15.5. The van der Waals surface area contributed by atoms with Gasteiger partial charge in [-0.25, -0.2) is 0 Å². The van der Waals surface area contributed by atoms with Gasteiger partial charge in [-0.2, -0.15) is 5.26 Å². The Bertz CT molecular complexity index is 504. The van der Waals surface area contributed by atoms with Crippen LogP contribution in [0.25, 0.3) is 0 Å². The van der Waals surface area contributed by atoms with Gasteiger partial charge in [0.05, 0.1) is 18.1 Å². The molecular weight excluding hydrogens is 266 g/mol. The number of methoxy groups -OCH3 is 2. The lowest BCUT2D eigenvalue weighted by Crippen LogP contribution is -2.56. The smallest absolute Gasteiger partial charge is 0.171 e. The van der Waals surface area contributed by atoms with Gasteiger partial charge in [0.15, 0.2) is 5.79 Å². The molecule has 2 rings (SSSR count). The molecule has 21 heavy (non-hydrogen) atoms. The van der Waals surface area contributed by atoms with Crippen LogP contribution >= 0.6 is 0 Å². The molecule has 0 bridgehead atoms. The first kappa shape index (κ1) is 15.8. The van der Waals surface area contributed by atoms with Crippen LogP contribution in [0.2, 0.25) is 0 Å². The van der Waals surface area contributed by atoms with Gasteiger partial charge in [-0.05, 0) is 23.6 Å². The third-order valence-electron chi connectivity index (χ3n) is 4.09. The highest BCUT2D eigenvalue weighted by molar-refractivity contribution is 5.40. The van der Waals surface area contributed by atoms with E-state index in [1.165, 1.54) is 0 Å². The van der Waals surface area contributed by atoms with Gasteiger partial charge in [0.1, 0.15) is 5.75 Å². The second kappa shape index (κ2) is 6.05. The van der Waals surface area contributed by atoms with Gasteiger partial charge in [0, 0.05) is 27.1 Å². The molecule has 4 nitrogen and oxygen atoms in total. The Morgan fingerprint density at radius 1 is 1.14 bits per heavy atom. The van der Waals surface area contributed by atoms with E-state index in [2.05, 4.69) is 19.9 Å². The molecule has 1 aliphatic carbocycles. The molecular formula is C17H23NO3. The van der Waals surface area contributed by atoms with Crippen LogP contribution in [-0.4, -0.2) is 26.6 Å². The fourth-order valence-electron chi connectivity index (χ4n) is 2.72. The second-order valence-electron chi connectivity index (χ2n) is 6.10. The molecule has 0 amide bonds. The first-order chi connectivity index (χ1) is 9.99. The minimum Gasteiger partial charge on any atom is -0.493 e. The first-order valence-electron chi connectivity index (χ1n) is 7.24. The zero-order valence-electron chi connectivity index (χ0n) is 13.2. The zero-order valence-corrected chi connectivity index (χ0v) is 13.2. The summed E-state index contributed by atoms with van der Waals surface area (Å²) in [6, 6.07) is 10.2. The van der Waals surface area contributed by atoms with Gasteiger partial charge in [-0.3, -0.25) is 0 Å². The van der Waals surface area contributed by atoms with Gasteiger partial charge in [-0.1, -0.05) is 26.0 Å². The summed E-state index contributed by atoms with van der Waals surface area (Å²) in [4.78, 5) is 0. The van der Waals surface area contributed by atoms with Crippen LogP contribution in [0.3, 0.4) is 0 Å². The van der Waals surface area contributed by atoms with Crippen molar-refractivity contribution in [3.8, 4) is 11.8 Å². The maximum absolute atomic E-state index is 9.57. The molecule has 1 saturated carbocycles. The average molecular weight is 289 g/mol. The SMILES string of the molecule is COC1(OC)CC(C#N)(c2ccc(OCC(C)C)cc2)C1. The third-order valence-corrected chi connectivity index (χ3v) is 4.09. The highest BCUT2D eigenvalue weighted by Crippen LogP contribution is 2.52. The van der Waals surface area contributed by atoms with E-state index in [-0.39, 0.29) is 0 Å². The first-order valence-corrected chi connectivity index (χ1v) is 7.24. The molecule has 1 aliphatic rings. The van der Waals surface area contributed by atoms with E-state index >= 15 is 0 Å². The molecule has 0 N–H and O–H groups in total. The van der Waals surface area contributed by atoms with Crippen LogP contribution in [0.15, 0.2) is 24.3 Å². The van der Waals surface area contributed by atoms with E-state index in [9.17, 15) is 5.26 Å². The summed E-state index contributed by atoms with van der Waals surface area (Å²) < 4.78 is 16.5. The Labute approximate surface area is 126 Å². The number of hydrogen-bond acceptors (Lipinski definition) is 4. The largest absolute Gasteiger partial charge is 0.493 e. The molecule has 114 valence electrons. The van der Waals surface area contributed by atoms with Gasteiger partial charge < -0.3 is 14.2 Å². The normalized spacial score (nSPS) is 18.9. The predicted octanol–water partition coefficient (Wildman–Crippen LogP) is 3.27. The van der Waals surface area contributed by atoms with Crippen molar-refractivity contribution in [3.63, 3.8) is 0 Å². The van der Waals surface area contributed by atoms with E-state index in [0.717, 1.165) is 11.3 Å². The molecule has 0 radical (unpaired) electrons. The van der Waals surface area contributed by atoms with Crippen LogP contribution < -0.4 is 4.74 Å². The summed E-state index contributed by atoms with van der Waals surface area (Å²) in [6.07, 6.45) is 1.10. The highest BCUT2D eigenvalue weighted by atomic mass is 16.7. The van der Waals surface area contributed by atoms with E-state index < -0.39 is 11.2 Å². The monoisotopic (exact) mass is 289 g/mol. The molecule has 0 unspecified atom stereocenters. The van der Waals surface area contributed by atoms with E-state index in [4.69, 9.17) is 14.2 Å². The van der Waals surface area contributed by atoms with Crippen molar-refractivity contribution < 1.29 is 14.2 Å². The molecule has 1 aromatic carbocycles. The molecule has 0 aromatic heterocycles. The Hall–Kier alpha value is -1.57. The molecule has 4 heteroatoms. The lowest BCUT2D eigenvalue weighted by molar-refractivity contribution is -0.269. The van der Waals surface area contributed by atoms with Crippen molar-refractivity contribution in [1.29, 1.82) is 5.26 Å². The van der Waals surface area contributed by atoms with E-state index in [1.54, 1.807) is 14.2 Å². The lowest BCUT2D eigenvalue weighted by atomic mass is 9.61. The summed E-state index contributed by atoms with van der Waals surface area (Å²) in [7, 11) is 3.24. The molecule has 1 aromatic rings. The topological polar surface area (TPSA) is 51.5 Å². The van der Waals surface area contributed by atoms with Gasteiger partial charge in [0.2, 0.25) is 0 Å². The number of nitrogens with zero attached hydrogens (tertiary/aromatic N) is 1. The van der Waals surface area contributed by atoms with Crippen molar-refractivity contribution in [3.05, 3.63) is 29.8 Å². The van der Waals surface area contributed by atoms with Gasteiger partial charge in [-0.15, -0.1) is 0 Å². The van der Waals surface area contributed by atoms with E-state index in [1.807, 2.05) is 24.3 Å². The standard InChI is InChI=1S/C17H23NO3/c1-13(2)9-21-15-7-5-14(6-8-15)16(12-18)10-17(11-16,19-3)20-4/h5-8,13H,9-11H2,1-4H3. The summed E-state index contributed by atoms with van der Waals surface area (Å²) in [5.41, 5.74) is 0.467. The summed E-state index contributed by atoms with van der Waals surface area (Å²) in [5, 5.41) is 9.57. The van der Waals surface area contributed by atoms with Crippen LogP contribution in [0.1, 0.15) is 32.3 Å². The number of nitriles is 1. The van der Waals surface area contributed by atoms with Crippen molar-refractivity contribution in [1.82, 2.24) is 0 Å². The van der Waals surface area contributed by atoms with E-state index in [0.29, 0.717) is 25.4 Å². The van der Waals surface area contributed by atoms with Gasteiger partial charge in [0.25, 0.3) is 0 Å². The average Bonchev–Trinajstić information content (AvgIpc) is 2.47. The van der Waals surface area contributed by atoms with Gasteiger partial charge >= 0.3 is 0 Å². The lowest BCUT2D eigenvalue weighted by Gasteiger charge is -2.50. The molecule has 0 aliphatic heterocycles. The molecule has 1 fully saturated rings. The van der Waals surface area contributed by atoms with Crippen LogP contribution in [0, 0.1) is 17.2 Å². The predicted molar refractivity (Wildman–Crippen MR) is 80.0 cm³/mol. The second-order valence-corrected chi connectivity index (χ2v) is 6.10. The number of benzene rings is 1. The Morgan fingerprint density at radius 3 is 2.14 bits per heavy atom. The van der Waals surface area contributed by atoms with Crippen molar-refractivity contribution >= 4 is 0 Å². The Balaban J connectivity index is 2.09. The fourth-order valence-corrected chi connectivity index (χ4v) is 2.72. The quantitative estimate of drug-likeness (QED) is 0.754. The highest BCUT2D eigenvalue weighted by Gasteiger charge is 2.57. The van der Waals surface area contributed by atoms with Crippen molar-refractivity contribution in [2.45, 2.75) is 37.9 Å². The summed E-state index contributed by atoms with van der Waals surface area (Å²) in [5.74, 6) is 0.707. The minimum absolute atomic E-state index is 0.491. The summed E-state index contributed by atoms with van der Waals surface area (Å²) in [6.45, 7) is 4.92.